The molecular formula is C18H19F2N. The lowest BCUT2D eigenvalue weighted by molar-refractivity contribution is 0.408. The first-order valence-corrected chi connectivity index (χ1v) is 7.46. The second kappa shape index (κ2) is 5.94. The number of nitrogens with one attached hydrogen (secondary N) is 1. The van der Waals surface area contributed by atoms with Crippen LogP contribution in [-0.2, 0) is 6.42 Å². The number of halogens is 2. The Morgan fingerprint density at radius 2 is 1.86 bits per heavy atom. The highest BCUT2D eigenvalue weighted by Crippen LogP contribution is 2.43. The van der Waals surface area contributed by atoms with Gasteiger partial charge in [-0.05, 0) is 48.2 Å². The van der Waals surface area contributed by atoms with Gasteiger partial charge in [0, 0.05) is 18.0 Å². The molecule has 1 aliphatic rings. The summed E-state index contributed by atoms with van der Waals surface area (Å²) in [6, 6.07) is 12.1. The molecule has 0 saturated carbocycles. The van der Waals surface area contributed by atoms with Gasteiger partial charge in [-0.2, -0.15) is 0 Å². The van der Waals surface area contributed by atoms with E-state index in [1.165, 1.54) is 23.3 Å². The van der Waals surface area contributed by atoms with Gasteiger partial charge in [-0.1, -0.05) is 31.2 Å². The minimum Gasteiger partial charge on any atom is -0.309 e. The molecule has 0 aromatic heterocycles. The van der Waals surface area contributed by atoms with Crippen molar-refractivity contribution in [3.8, 4) is 0 Å². The third-order valence-corrected chi connectivity index (χ3v) is 4.16. The largest absolute Gasteiger partial charge is 0.309 e. The van der Waals surface area contributed by atoms with Crippen LogP contribution < -0.4 is 5.32 Å². The normalized spacial score (nSPS) is 18.0. The summed E-state index contributed by atoms with van der Waals surface area (Å²) < 4.78 is 27.0. The van der Waals surface area contributed by atoms with Crippen LogP contribution in [0.3, 0.4) is 0 Å². The quantitative estimate of drug-likeness (QED) is 0.862. The van der Waals surface area contributed by atoms with Crippen LogP contribution in [0.2, 0.25) is 0 Å². The zero-order valence-corrected chi connectivity index (χ0v) is 12.1. The lowest BCUT2D eigenvalue weighted by atomic mass is 9.71. The summed E-state index contributed by atoms with van der Waals surface area (Å²) in [6.45, 7) is 2.92. The van der Waals surface area contributed by atoms with Gasteiger partial charge < -0.3 is 5.32 Å². The van der Waals surface area contributed by atoms with Crippen molar-refractivity contribution in [2.45, 2.75) is 31.7 Å². The van der Waals surface area contributed by atoms with Crippen LogP contribution in [0, 0.1) is 11.6 Å². The van der Waals surface area contributed by atoms with E-state index in [1.54, 1.807) is 0 Å². The van der Waals surface area contributed by atoms with Crippen molar-refractivity contribution in [2.24, 2.45) is 0 Å². The van der Waals surface area contributed by atoms with E-state index in [0.29, 0.717) is 5.56 Å². The smallest absolute Gasteiger partial charge is 0.126 e. The molecule has 1 N–H and O–H groups in total. The SMILES string of the molecule is CCCNC(c1cc(F)cc(F)c1)C1Cc2ccccc21. The highest BCUT2D eigenvalue weighted by atomic mass is 19.1. The Hall–Kier alpha value is -1.74. The van der Waals surface area contributed by atoms with Gasteiger partial charge in [-0.25, -0.2) is 8.78 Å². The molecule has 1 nitrogen and oxygen atoms in total. The summed E-state index contributed by atoms with van der Waals surface area (Å²) >= 11 is 0. The fourth-order valence-electron chi connectivity index (χ4n) is 3.14. The molecule has 0 fully saturated rings. The van der Waals surface area contributed by atoms with Crippen LogP contribution >= 0.6 is 0 Å². The maximum absolute atomic E-state index is 13.5. The molecule has 110 valence electrons. The van der Waals surface area contributed by atoms with Crippen LogP contribution in [0.5, 0.6) is 0 Å². The van der Waals surface area contributed by atoms with Gasteiger partial charge in [0.1, 0.15) is 11.6 Å². The van der Waals surface area contributed by atoms with E-state index in [-0.39, 0.29) is 12.0 Å². The molecule has 1 aliphatic carbocycles. The zero-order chi connectivity index (χ0) is 14.8. The second-order valence-electron chi connectivity index (χ2n) is 5.64. The number of hydrogen-bond acceptors (Lipinski definition) is 1. The molecule has 3 heteroatoms. The van der Waals surface area contributed by atoms with Crippen molar-refractivity contribution in [3.63, 3.8) is 0 Å². The monoisotopic (exact) mass is 287 g/mol. The molecule has 0 heterocycles. The summed E-state index contributed by atoms with van der Waals surface area (Å²) in [5.74, 6) is -0.740. The van der Waals surface area contributed by atoms with Crippen LogP contribution in [0.4, 0.5) is 8.78 Å². The summed E-state index contributed by atoms with van der Waals surface area (Å²) in [4.78, 5) is 0. The van der Waals surface area contributed by atoms with Gasteiger partial charge in [0.15, 0.2) is 0 Å². The summed E-state index contributed by atoms with van der Waals surface area (Å²) in [7, 11) is 0. The molecule has 0 radical (unpaired) electrons. The molecule has 0 amide bonds. The third kappa shape index (κ3) is 2.84. The van der Waals surface area contributed by atoms with Crippen molar-refractivity contribution in [2.75, 3.05) is 6.54 Å². The van der Waals surface area contributed by atoms with E-state index in [4.69, 9.17) is 0 Å². The van der Waals surface area contributed by atoms with Crippen molar-refractivity contribution in [3.05, 3.63) is 70.8 Å². The maximum Gasteiger partial charge on any atom is 0.126 e. The molecule has 3 rings (SSSR count). The third-order valence-electron chi connectivity index (χ3n) is 4.16. The van der Waals surface area contributed by atoms with Gasteiger partial charge in [0.25, 0.3) is 0 Å². The summed E-state index contributed by atoms with van der Waals surface area (Å²) in [6.07, 6.45) is 1.94. The number of benzene rings is 2. The van der Waals surface area contributed by atoms with Crippen LogP contribution in [0.25, 0.3) is 0 Å². The van der Waals surface area contributed by atoms with Crippen molar-refractivity contribution in [1.82, 2.24) is 5.32 Å². The second-order valence-corrected chi connectivity index (χ2v) is 5.64. The average molecular weight is 287 g/mol. The molecule has 2 atom stereocenters. The first-order valence-electron chi connectivity index (χ1n) is 7.46. The Kier molecular flexibility index (Phi) is 4.02. The predicted molar refractivity (Wildman–Crippen MR) is 80.3 cm³/mol. The molecule has 2 aromatic rings. The lowest BCUT2D eigenvalue weighted by Crippen LogP contribution is -2.34. The Morgan fingerprint density at radius 1 is 1.14 bits per heavy atom. The van der Waals surface area contributed by atoms with Crippen LogP contribution in [-0.4, -0.2) is 6.54 Å². The highest BCUT2D eigenvalue weighted by Gasteiger charge is 2.33. The Morgan fingerprint density at radius 3 is 2.52 bits per heavy atom. The lowest BCUT2D eigenvalue weighted by Gasteiger charge is -2.37. The molecule has 2 aromatic carbocycles. The van der Waals surface area contributed by atoms with Gasteiger partial charge in [0.05, 0.1) is 0 Å². The Bertz CT molecular complexity index is 619. The predicted octanol–water partition coefficient (Wildman–Crippen LogP) is 4.35. The Labute approximate surface area is 124 Å². The minimum atomic E-state index is -0.513. The van der Waals surface area contributed by atoms with E-state index < -0.39 is 11.6 Å². The standard InChI is InChI=1S/C18H19F2N/c1-2-7-21-18(13-8-14(19)11-15(20)9-13)17-10-12-5-3-4-6-16(12)17/h3-6,8-9,11,17-18,21H,2,7,10H2,1H3. The molecule has 0 saturated heterocycles. The van der Waals surface area contributed by atoms with Crippen LogP contribution in [0.1, 0.15) is 42.0 Å². The molecule has 0 bridgehead atoms. The van der Waals surface area contributed by atoms with E-state index in [2.05, 4.69) is 24.4 Å². The summed E-state index contributed by atoms with van der Waals surface area (Å²) in [5.41, 5.74) is 3.32. The first kappa shape index (κ1) is 14.2. The van der Waals surface area contributed by atoms with E-state index in [0.717, 1.165) is 25.5 Å². The van der Waals surface area contributed by atoms with Gasteiger partial charge in [0.2, 0.25) is 0 Å². The van der Waals surface area contributed by atoms with Gasteiger partial charge >= 0.3 is 0 Å². The van der Waals surface area contributed by atoms with E-state index in [1.807, 2.05) is 12.1 Å². The van der Waals surface area contributed by atoms with Crippen molar-refractivity contribution in [1.29, 1.82) is 0 Å². The number of hydrogen-bond donors (Lipinski definition) is 1. The summed E-state index contributed by atoms with van der Waals surface area (Å²) in [5, 5.41) is 3.45. The topological polar surface area (TPSA) is 12.0 Å². The van der Waals surface area contributed by atoms with Crippen molar-refractivity contribution >= 4 is 0 Å². The fraction of sp³-hybridized carbons (Fsp3) is 0.333. The number of fused-ring (bicyclic) bond motifs is 1. The number of rotatable bonds is 5. The zero-order valence-electron chi connectivity index (χ0n) is 12.1. The molecule has 0 aliphatic heterocycles. The molecular weight excluding hydrogens is 268 g/mol. The average Bonchev–Trinajstić information content (AvgIpc) is 2.42. The molecule has 21 heavy (non-hydrogen) atoms. The van der Waals surface area contributed by atoms with E-state index in [9.17, 15) is 8.78 Å². The molecule has 0 spiro atoms. The maximum atomic E-state index is 13.5. The van der Waals surface area contributed by atoms with Gasteiger partial charge in [-0.3, -0.25) is 0 Å². The van der Waals surface area contributed by atoms with Gasteiger partial charge in [-0.15, -0.1) is 0 Å². The van der Waals surface area contributed by atoms with Crippen LogP contribution in [0.15, 0.2) is 42.5 Å². The minimum absolute atomic E-state index is 0.0370. The molecule has 2 unspecified atom stereocenters. The first-order chi connectivity index (χ1) is 10.2. The fourth-order valence-corrected chi connectivity index (χ4v) is 3.14. The van der Waals surface area contributed by atoms with Crippen molar-refractivity contribution < 1.29 is 8.78 Å². The highest BCUT2D eigenvalue weighted by molar-refractivity contribution is 5.43. The van der Waals surface area contributed by atoms with E-state index >= 15 is 0 Å². The Balaban J connectivity index is 1.92.